The first-order valence-electron chi connectivity index (χ1n) is 12.4. The summed E-state index contributed by atoms with van der Waals surface area (Å²) < 4.78 is 15.1. The van der Waals surface area contributed by atoms with Crippen LogP contribution in [0.15, 0.2) is 59.1 Å². The van der Waals surface area contributed by atoms with Crippen molar-refractivity contribution in [2.45, 2.75) is 57.5 Å². The number of amides is 1. The number of esters is 1. The van der Waals surface area contributed by atoms with Gasteiger partial charge in [0.25, 0.3) is 0 Å². The number of hydrogen-bond acceptors (Lipinski definition) is 6. The van der Waals surface area contributed by atoms with Crippen LogP contribution < -0.4 is 5.32 Å². The van der Waals surface area contributed by atoms with Crippen molar-refractivity contribution in [2.75, 3.05) is 12.4 Å². The van der Waals surface area contributed by atoms with Crippen molar-refractivity contribution in [1.29, 1.82) is 0 Å². The fourth-order valence-corrected chi connectivity index (χ4v) is 6.19. The van der Waals surface area contributed by atoms with Crippen LogP contribution in [-0.4, -0.2) is 29.6 Å². The van der Waals surface area contributed by atoms with E-state index in [0.717, 1.165) is 75.5 Å². The summed E-state index contributed by atoms with van der Waals surface area (Å²) >= 11 is 7.62. The monoisotopic (exact) mass is 536 g/mol. The van der Waals surface area contributed by atoms with Crippen LogP contribution in [-0.2, 0) is 19.7 Å². The van der Waals surface area contributed by atoms with E-state index in [2.05, 4.69) is 9.69 Å². The number of carbonyl (C=O) groups is 2. The van der Waals surface area contributed by atoms with E-state index in [9.17, 15) is 9.59 Å². The third-order valence-corrected chi connectivity index (χ3v) is 8.72. The molecule has 2 aliphatic carbocycles. The average molecular weight is 537 g/mol. The van der Waals surface area contributed by atoms with Gasteiger partial charge in [0.1, 0.15) is 6.10 Å². The van der Waals surface area contributed by atoms with Crippen molar-refractivity contribution in [2.24, 2.45) is 0 Å². The van der Waals surface area contributed by atoms with Gasteiger partial charge in [-0.3, -0.25) is 10.1 Å². The number of methoxy groups -OCH3 is 1. The van der Waals surface area contributed by atoms with Gasteiger partial charge in [-0.2, -0.15) is 4.37 Å². The predicted molar refractivity (Wildman–Crippen MR) is 147 cm³/mol. The van der Waals surface area contributed by atoms with Crippen LogP contribution >= 0.6 is 23.1 Å². The quantitative estimate of drug-likeness (QED) is 0.314. The highest BCUT2D eigenvalue weighted by atomic mass is 35.5. The van der Waals surface area contributed by atoms with Crippen molar-refractivity contribution in [3.8, 4) is 21.6 Å². The molecular weight excluding hydrogens is 508 g/mol. The number of nitrogens with zero attached hydrogens (tertiary/aromatic N) is 1. The van der Waals surface area contributed by atoms with E-state index in [4.69, 9.17) is 21.1 Å². The highest BCUT2D eigenvalue weighted by Gasteiger charge is 2.52. The lowest BCUT2D eigenvalue weighted by Gasteiger charge is -2.16. The van der Waals surface area contributed by atoms with Gasteiger partial charge in [0.2, 0.25) is 0 Å². The van der Waals surface area contributed by atoms with Crippen molar-refractivity contribution in [3.63, 3.8) is 0 Å². The van der Waals surface area contributed by atoms with Crippen LogP contribution in [0, 0.1) is 6.92 Å². The van der Waals surface area contributed by atoms with E-state index in [0.29, 0.717) is 5.69 Å². The van der Waals surface area contributed by atoms with Gasteiger partial charge in [0.15, 0.2) is 0 Å². The second-order valence-electron chi connectivity index (χ2n) is 9.66. The van der Waals surface area contributed by atoms with Crippen LogP contribution in [0.1, 0.15) is 50.3 Å². The number of ether oxygens (including phenoxy) is 2. The lowest BCUT2D eigenvalue weighted by atomic mass is 9.93. The normalized spacial score (nSPS) is 16.9. The molecule has 192 valence electrons. The van der Waals surface area contributed by atoms with Gasteiger partial charge in [0, 0.05) is 5.03 Å². The summed E-state index contributed by atoms with van der Waals surface area (Å²) in [6, 6.07) is 16.3. The van der Waals surface area contributed by atoms with Crippen molar-refractivity contribution in [1.82, 2.24) is 4.37 Å². The highest BCUT2D eigenvalue weighted by molar-refractivity contribution is 7.10. The van der Waals surface area contributed by atoms with Crippen LogP contribution in [0.4, 0.5) is 10.5 Å². The first-order valence-corrected chi connectivity index (χ1v) is 13.6. The topological polar surface area (TPSA) is 77.5 Å². The fraction of sp³-hybridized carbons (Fsp3) is 0.345. The maximum atomic E-state index is 12.7. The van der Waals surface area contributed by atoms with Gasteiger partial charge in [-0.1, -0.05) is 60.1 Å². The maximum Gasteiger partial charge on any atom is 0.412 e. The Kier molecular flexibility index (Phi) is 7.10. The van der Waals surface area contributed by atoms with Gasteiger partial charge in [-0.15, -0.1) is 0 Å². The summed E-state index contributed by atoms with van der Waals surface area (Å²) in [5.41, 5.74) is 6.01. The molecule has 1 heterocycles. The Labute approximate surface area is 225 Å². The molecule has 0 bridgehead atoms. The Morgan fingerprint density at radius 2 is 1.65 bits per heavy atom. The van der Waals surface area contributed by atoms with E-state index in [1.165, 1.54) is 18.6 Å². The van der Waals surface area contributed by atoms with Crippen LogP contribution in [0.5, 0.6) is 0 Å². The molecule has 0 spiro atoms. The molecule has 1 amide bonds. The molecule has 2 aromatic carbocycles. The second-order valence-corrected chi connectivity index (χ2v) is 10.9. The number of aryl methyl sites for hydroxylation is 1. The molecular formula is C29H29ClN2O4S. The number of halogens is 1. The Balaban J connectivity index is 1.29. The first-order chi connectivity index (χ1) is 17.8. The van der Waals surface area contributed by atoms with Crippen LogP contribution in [0.3, 0.4) is 0 Å². The molecule has 1 atom stereocenters. The van der Waals surface area contributed by atoms with Crippen LogP contribution in [0.25, 0.3) is 21.6 Å². The van der Waals surface area contributed by atoms with Gasteiger partial charge >= 0.3 is 12.1 Å². The van der Waals surface area contributed by atoms with Crippen molar-refractivity contribution >= 4 is 40.9 Å². The molecule has 1 fully saturated rings. The van der Waals surface area contributed by atoms with E-state index < -0.39 is 11.5 Å². The molecule has 1 aromatic heterocycles. The van der Waals surface area contributed by atoms with Crippen LogP contribution in [0.2, 0.25) is 0 Å². The van der Waals surface area contributed by atoms with E-state index in [-0.39, 0.29) is 12.1 Å². The maximum absolute atomic E-state index is 12.7. The van der Waals surface area contributed by atoms with Crippen molar-refractivity contribution in [3.05, 3.63) is 70.4 Å². The largest absolute Gasteiger partial charge is 0.468 e. The number of anilines is 1. The SMILES string of the molecule is COC(=O)C1(c2ccc(-c3ccc(-c4snc(C)c4NC(=O)OC(C)C4=C(Cl)CCC4)cc3)cc2)CC1. The minimum absolute atomic E-state index is 0.161. The first kappa shape index (κ1) is 25.5. The van der Waals surface area contributed by atoms with E-state index in [1.54, 1.807) is 0 Å². The summed E-state index contributed by atoms with van der Waals surface area (Å²) in [5, 5.41) is 3.70. The number of carbonyl (C=O) groups excluding carboxylic acids is 2. The smallest absolute Gasteiger partial charge is 0.412 e. The molecule has 5 rings (SSSR count). The molecule has 6 nitrogen and oxygen atoms in total. The summed E-state index contributed by atoms with van der Waals surface area (Å²) in [6.07, 6.45) is 3.48. The van der Waals surface area contributed by atoms with Gasteiger partial charge < -0.3 is 9.47 Å². The Bertz CT molecular complexity index is 1360. The Morgan fingerprint density at radius 1 is 1.03 bits per heavy atom. The number of benzene rings is 2. The standard InChI is InChI=1S/C29H29ClN2O4S/c1-17-25(31-28(34)36-18(2)23-5-4-6-24(23)30)26(37-32-17)21-9-7-19(8-10-21)20-11-13-22(14-12-20)29(15-16-29)27(33)35-3/h7-14,18H,4-6,15-16H2,1-3H3,(H,31,34). The molecule has 0 saturated heterocycles. The second kappa shape index (κ2) is 10.3. The Hall–Kier alpha value is -3.16. The lowest BCUT2D eigenvalue weighted by Crippen LogP contribution is -2.22. The minimum Gasteiger partial charge on any atom is -0.468 e. The van der Waals surface area contributed by atoms with Gasteiger partial charge in [0.05, 0.1) is 28.8 Å². The highest BCUT2D eigenvalue weighted by Crippen LogP contribution is 2.49. The molecule has 0 aliphatic heterocycles. The third-order valence-electron chi connectivity index (χ3n) is 7.30. The van der Waals surface area contributed by atoms with Crippen molar-refractivity contribution < 1.29 is 19.1 Å². The number of aromatic nitrogens is 1. The molecule has 0 radical (unpaired) electrons. The zero-order valence-corrected chi connectivity index (χ0v) is 22.7. The minimum atomic E-state index is -0.516. The number of hydrogen-bond donors (Lipinski definition) is 1. The zero-order valence-electron chi connectivity index (χ0n) is 21.1. The summed E-state index contributed by atoms with van der Waals surface area (Å²) in [7, 11) is 1.44. The molecule has 2 aliphatic rings. The zero-order chi connectivity index (χ0) is 26.2. The summed E-state index contributed by atoms with van der Waals surface area (Å²) in [6.45, 7) is 3.72. The summed E-state index contributed by atoms with van der Waals surface area (Å²) in [5.74, 6) is -0.161. The fourth-order valence-electron chi connectivity index (χ4n) is 4.96. The van der Waals surface area contributed by atoms with Gasteiger partial charge in [-0.05, 0) is 85.3 Å². The Morgan fingerprint density at radius 3 is 2.22 bits per heavy atom. The molecule has 1 unspecified atom stereocenters. The van der Waals surface area contributed by atoms with E-state index >= 15 is 0 Å². The van der Waals surface area contributed by atoms with Gasteiger partial charge in [-0.25, -0.2) is 4.79 Å². The number of nitrogens with one attached hydrogen (secondary N) is 1. The molecule has 1 N–H and O–H groups in total. The summed E-state index contributed by atoms with van der Waals surface area (Å²) in [4.78, 5) is 25.7. The number of rotatable bonds is 7. The molecule has 37 heavy (non-hydrogen) atoms. The lowest BCUT2D eigenvalue weighted by molar-refractivity contribution is -0.143. The molecule has 3 aromatic rings. The molecule has 1 saturated carbocycles. The third kappa shape index (κ3) is 5.03. The average Bonchev–Trinajstić information content (AvgIpc) is 3.49. The number of allylic oxidation sites excluding steroid dienone is 1. The predicted octanol–water partition coefficient (Wildman–Crippen LogP) is 7.60. The van der Waals surface area contributed by atoms with E-state index in [1.807, 2.05) is 62.4 Å². The molecule has 8 heteroatoms.